The van der Waals surface area contributed by atoms with Crippen LogP contribution in [0.1, 0.15) is 12.8 Å². The van der Waals surface area contributed by atoms with E-state index in [0.717, 1.165) is 25.9 Å². The van der Waals surface area contributed by atoms with Crippen molar-refractivity contribution in [1.82, 2.24) is 5.32 Å². The van der Waals surface area contributed by atoms with Gasteiger partial charge in [0.25, 0.3) is 0 Å². The summed E-state index contributed by atoms with van der Waals surface area (Å²) in [5, 5.41) is 6.99. The van der Waals surface area contributed by atoms with Gasteiger partial charge < -0.3 is 10.6 Å². The summed E-state index contributed by atoms with van der Waals surface area (Å²) in [6.07, 6.45) is 1.71. The molecule has 0 atom stereocenters. The van der Waals surface area contributed by atoms with Crippen LogP contribution in [0, 0.1) is 5.92 Å². The van der Waals surface area contributed by atoms with Crippen LogP contribution in [0.4, 0.5) is 5.69 Å². The molecule has 0 spiro atoms. The number of rotatable bonds is 2. The van der Waals surface area contributed by atoms with Gasteiger partial charge in [-0.1, -0.05) is 29.3 Å². The van der Waals surface area contributed by atoms with Crippen LogP contribution in [-0.4, -0.2) is 19.0 Å². The van der Waals surface area contributed by atoms with E-state index in [4.69, 9.17) is 23.2 Å². The lowest BCUT2D eigenvalue weighted by molar-refractivity contribution is -0.120. The number of halogens is 2. The van der Waals surface area contributed by atoms with Crippen LogP contribution in [0.5, 0.6) is 0 Å². The van der Waals surface area contributed by atoms with E-state index in [0.29, 0.717) is 15.7 Å². The van der Waals surface area contributed by atoms with Crippen molar-refractivity contribution in [2.24, 2.45) is 5.92 Å². The molecule has 1 aromatic rings. The Hall–Kier alpha value is -0.770. The van der Waals surface area contributed by atoms with E-state index < -0.39 is 0 Å². The molecule has 1 aromatic carbocycles. The second kappa shape index (κ2) is 5.71. The number of benzene rings is 1. The summed E-state index contributed by atoms with van der Waals surface area (Å²) < 4.78 is 0. The van der Waals surface area contributed by atoms with Gasteiger partial charge >= 0.3 is 0 Å². The molecule has 1 fully saturated rings. The summed E-state index contributed by atoms with van der Waals surface area (Å²) in [5.74, 6) is 0.0464. The summed E-state index contributed by atoms with van der Waals surface area (Å²) in [4.78, 5) is 12.0. The Labute approximate surface area is 110 Å². The van der Waals surface area contributed by atoms with E-state index in [2.05, 4.69) is 10.6 Å². The first kappa shape index (κ1) is 12.7. The number of amides is 1. The highest BCUT2D eigenvalue weighted by Crippen LogP contribution is 2.30. The molecule has 1 heterocycles. The van der Waals surface area contributed by atoms with Crippen molar-refractivity contribution in [3.05, 3.63) is 28.2 Å². The van der Waals surface area contributed by atoms with Crippen LogP contribution in [-0.2, 0) is 4.79 Å². The maximum absolute atomic E-state index is 12.0. The first-order chi connectivity index (χ1) is 8.18. The van der Waals surface area contributed by atoms with E-state index in [9.17, 15) is 4.79 Å². The first-order valence-corrected chi connectivity index (χ1v) is 6.39. The Morgan fingerprint density at radius 1 is 1.24 bits per heavy atom. The molecule has 3 nitrogen and oxygen atoms in total. The van der Waals surface area contributed by atoms with E-state index in [1.807, 2.05) is 0 Å². The highest BCUT2D eigenvalue weighted by molar-refractivity contribution is 6.39. The molecule has 2 rings (SSSR count). The van der Waals surface area contributed by atoms with Crippen molar-refractivity contribution in [1.29, 1.82) is 0 Å². The molecule has 1 aliphatic heterocycles. The van der Waals surface area contributed by atoms with Crippen molar-refractivity contribution in [3.63, 3.8) is 0 Å². The minimum absolute atomic E-state index is 0.00139. The highest BCUT2D eigenvalue weighted by atomic mass is 35.5. The maximum atomic E-state index is 12.0. The number of nitrogens with one attached hydrogen (secondary N) is 2. The van der Waals surface area contributed by atoms with Gasteiger partial charge in [0, 0.05) is 5.92 Å². The number of carbonyl (C=O) groups excluding carboxylic acids is 1. The van der Waals surface area contributed by atoms with Crippen LogP contribution in [0.25, 0.3) is 0 Å². The predicted octanol–water partition coefficient (Wildman–Crippen LogP) is 2.93. The number of para-hydroxylation sites is 1. The average molecular weight is 273 g/mol. The average Bonchev–Trinajstić information content (AvgIpc) is 2.35. The van der Waals surface area contributed by atoms with Crippen molar-refractivity contribution in [2.75, 3.05) is 18.4 Å². The van der Waals surface area contributed by atoms with E-state index >= 15 is 0 Å². The summed E-state index contributed by atoms with van der Waals surface area (Å²) in [6.45, 7) is 1.77. The molecule has 2 N–H and O–H groups in total. The highest BCUT2D eigenvalue weighted by Gasteiger charge is 2.22. The fourth-order valence-electron chi connectivity index (χ4n) is 1.93. The lowest BCUT2D eigenvalue weighted by Crippen LogP contribution is -2.34. The normalized spacial score (nSPS) is 16.8. The topological polar surface area (TPSA) is 41.1 Å². The summed E-state index contributed by atoms with van der Waals surface area (Å²) in [6, 6.07) is 5.18. The minimum atomic E-state index is 0.00139. The number of piperidine rings is 1. The van der Waals surface area contributed by atoms with Crippen LogP contribution < -0.4 is 10.6 Å². The molecule has 0 unspecified atom stereocenters. The smallest absolute Gasteiger partial charge is 0.227 e. The molecule has 1 aliphatic rings. The van der Waals surface area contributed by atoms with Gasteiger partial charge in [0.05, 0.1) is 15.7 Å². The molecule has 0 aromatic heterocycles. The van der Waals surface area contributed by atoms with Gasteiger partial charge in [0.2, 0.25) is 5.91 Å². The molecule has 0 saturated carbocycles. The van der Waals surface area contributed by atoms with Gasteiger partial charge in [-0.05, 0) is 38.1 Å². The minimum Gasteiger partial charge on any atom is -0.323 e. The summed E-state index contributed by atoms with van der Waals surface area (Å²) in [7, 11) is 0. The zero-order chi connectivity index (χ0) is 12.3. The van der Waals surface area contributed by atoms with Crippen molar-refractivity contribution in [3.8, 4) is 0 Å². The van der Waals surface area contributed by atoms with Gasteiger partial charge in [-0.25, -0.2) is 0 Å². The molecule has 5 heteroatoms. The van der Waals surface area contributed by atoms with Crippen molar-refractivity contribution < 1.29 is 4.79 Å². The Morgan fingerprint density at radius 3 is 2.41 bits per heavy atom. The largest absolute Gasteiger partial charge is 0.323 e. The monoisotopic (exact) mass is 272 g/mol. The Kier molecular flexibility index (Phi) is 4.26. The second-order valence-corrected chi connectivity index (χ2v) is 4.92. The number of anilines is 1. The quantitative estimate of drug-likeness (QED) is 0.869. The molecule has 0 radical (unpaired) electrons. The summed E-state index contributed by atoms with van der Waals surface area (Å²) >= 11 is 12.0. The third-order valence-corrected chi connectivity index (χ3v) is 3.55. The van der Waals surface area contributed by atoms with Crippen molar-refractivity contribution in [2.45, 2.75) is 12.8 Å². The van der Waals surface area contributed by atoms with Gasteiger partial charge in [-0.3, -0.25) is 4.79 Å². The van der Waals surface area contributed by atoms with E-state index in [1.165, 1.54) is 0 Å². The molecule has 1 amide bonds. The fourth-order valence-corrected chi connectivity index (χ4v) is 2.42. The van der Waals surface area contributed by atoms with Gasteiger partial charge in [-0.15, -0.1) is 0 Å². The Balaban J connectivity index is 2.07. The maximum Gasteiger partial charge on any atom is 0.227 e. The molecule has 17 heavy (non-hydrogen) atoms. The lowest BCUT2D eigenvalue weighted by atomic mass is 9.97. The molecule has 92 valence electrons. The van der Waals surface area contributed by atoms with Gasteiger partial charge in [0.15, 0.2) is 0 Å². The molecular formula is C12H14Cl2N2O. The van der Waals surface area contributed by atoms with Crippen LogP contribution >= 0.6 is 23.2 Å². The number of hydrogen-bond acceptors (Lipinski definition) is 2. The third-order valence-electron chi connectivity index (χ3n) is 2.92. The SMILES string of the molecule is O=C(Nc1c(Cl)cccc1Cl)C1CCNCC1. The fraction of sp³-hybridized carbons (Fsp3) is 0.417. The van der Waals surface area contributed by atoms with Gasteiger partial charge in [0.1, 0.15) is 0 Å². The van der Waals surface area contributed by atoms with Crippen LogP contribution in [0.2, 0.25) is 10.0 Å². The van der Waals surface area contributed by atoms with E-state index in [-0.39, 0.29) is 11.8 Å². The predicted molar refractivity (Wildman–Crippen MR) is 70.7 cm³/mol. The zero-order valence-corrected chi connectivity index (χ0v) is 10.8. The zero-order valence-electron chi connectivity index (χ0n) is 9.30. The third kappa shape index (κ3) is 3.12. The van der Waals surface area contributed by atoms with E-state index in [1.54, 1.807) is 18.2 Å². The van der Waals surface area contributed by atoms with Crippen LogP contribution in [0.3, 0.4) is 0 Å². The Morgan fingerprint density at radius 2 is 1.82 bits per heavy atom. The molecule has 1 saturated heterocycles. The van der Waals surface area contributed by atoms with Crippen LogP contribution in [0.15, 0.2) is 18.2 Å². The molecule has 0 bridgehead atoms. The lowest BCUT2D eigenvalue weighted by Gasteiger charge is -2.22. The second-order valence-electron chi connectivity index (χ2n) is 4.11. The van der Waals surface area contributed by atoms with Crippen molar-refractivity contribution >= 4 is 34.8 Å². The molecular weight excluding hydrogens is 259 g/mol. The first-order valence-electron chi connectivity index (χ1n) is 5.64. The standard InChI is InChI=1S/C12H14Cl2N2O/c13-9-2-1-3-10(14)11(9)16-12(17)8-4-6-15-7-5-8/h1-3,8,15H,4-7H2,(H,16,17). The Bertz CT molecular complexity index is 397. The van der Waals surface area contributed by atoms with Gasteiger partial charge in [-0.2, -0.15) is 0 Å². The summed E-state index contributed by atoms with van der Waals surface area (Å²) in [5.41, 5.74) is 0.513. The molecule has 0 aliphatic carbocycles. The number of carbonyl (C=O) groups is 1. The number of hydrogen-bond donors (Lipinski definition) is 2.